The van der Waals surface area contributed by atoms with Crippen molar-refractivity contribution in [2.45, 2.75) is 31.3 Å². The maximum absolute atomic E-state index is 12.1. The maximum atomic E-state index is 12.1. The van der Waals surface area contributed by atoms with Gasteiger partial charge in [-0.3, -0.25) is 14.5 Å². The number of anilines is 1. The van der Waals surface area contributed by atoms with Crippen LogP contribution in [0.25, 0.3) is 0 Å². The number of carboxylic acids is 1. The largest absolute Gasteiger partial charge is 0.481 e. The van der Waals surface area contributed by atoms with Crippen molar-refractivity contribution in [2.75, 3.05) is 39.1 Å². The highest BCUT2D eigenvalue weighted by Crippen LogP contribution is 2.42. The van der Waals surface area contributed by atoms with Crippen LogP contribution in [-0.2, 0) is 16.1 Å². The third-order valence-electron chi connectivity index (χ3n) is 5.76. The van der Waals surface area contributed by atoms with E-state index in [1.807, 2.05) is 31.3 Å². The van der Waals surface area contributed by atoms with Crippen molar-refractivity contribution >= 4 is 17.7 Å². The van der Waals surface area contributed by atoms with Crippen molar-refractivity contribution < 1.29 is 14.7 Å². The quantitative estimate of drug-likeness (QED) is 0.878. The van der Waals surface area contributed by atoms with Gasteiger partial charge in [-0.05, 0) is 24.5 Å². The molecule has 1 N–H and O–H groups in total. The van der Waals surface area contributed by atoms with Gasteiger partial charge in [-0.25, -0.2) is 4.98 Å². The van der Waals surface area contributed by atoms with E-state index in [-0.39, 0.29) is 12.3 Å². The fourth-order valence-corrected chi connectivity index (χ4v) is 4.12. The molecule has 1 atom stereocenters. The van der Waals surface area contributed by atoms with E-state index < -0.39 is 17.4 Å². The molecular formula is C18H26N4O3. The van der Waals surface area contributed by atoms with Crippen molar-refractivity contribution in [1.82, 2.24) is 14.8 Å². The first-order valence-corrected chi connectivity index (χ1v) is 8.67. The van der Waals surface area contributed by atoms with E-state index >= 15 is 0 Å². The molecule has 2 aliphatic heterocycles. The fraction of sp³-hybridized carbons (Fsp3) is 0.611. The van der Waals surface area contributed by atoms with E-state index in [1.54, 1.807) is 11.9 Å². The first kappa shape index (κ1) is 17.7. The Morgan fingerprint density at radius 1 is 1.36 bits per heavy atom. The predicted molar refractivity (Wildman–Crippen MR) is 94.3 cm³/mol. The Labute approximate surface area is 148 Å². The standard InChI is InChI=1S/C18H26N4O3/c1-20(2)15-5-4-13(11-19-15)12-22-8-6-18(7-9-22)14(17(24)25)10-16(23)21(18)3/h4-5,11,14H,6-10,12H2,1-3H3,(H,24,25)/t14-/m0/s1. The second-order valence-corrected chi connectivity index (χ2v) is 7.35. The summed E-state index contributed by atoms with van der Waals surface area (Å²) in [4.78, 5) is 34.1. The number of aromatic nitrogens is 1. The van der Waals surface area contributed by atoms with Crippen molar-refractivity contribution in [3.05, 3.63) is 23.9 Å². The van der Waals surface area contributed by atoms with Crippen LogP contribution in [-0.4, -0.2) is 71.5 Å². The summed E-state index contributed by atoms with van der Waals surface area (Å²) in [6, 6.07) is 4.09. The van der Waals surface area contributed by atoms with E-state index in [9.17, 15) is 14.7 Å². The second kappa shape index (κ2) is 6.63. The Bertz CT molecular complexity index is 651. The zero-order valence-electron chi connectivity index (χ0n) is 15.1. The molecule has 0 bridgehead atoms. The molecule has 7 heteroatoms. The van der Waals surface area contributed by atoms with Gasteiger partial charge in [-0.1, -0.05) is 6.07 Å². The molecule has 1 aromatic heterocycles. The van der Waals surface area contributed by atoms with Gasteiger partial charge in [0.25, 0.3) is 0 Å². The third kappa shape index (κ3) is 3.20. The molecule has 0 radical (unpaired) electrons. The Morgan fingerprint density at radius 2 is 2.04 bits per heavy atom. The first-order chi connectivity index (χ1) is 11.8. The lowest BCUT2D eigenvalue weighted by Gasteiger charge is -2.45. The van der Waals surface area contributed by atoms with E-state index in [0.29, 0.717) is 12.8 Å². The molecule has 0 aromatic carbocycles. The SMILES string of the molecule is CN(C)c1ccc(CN2CCC3(CC2)[C@H](C(=O)O)CC(=O)N3C)cn1. The first-order valence-electron chi connectivity index (χ1n) is 8.67. The molecule has 2 saturated heterocycles. The number of pyridine rings is 1. The zero-order chi connectivity index (χ0) is 18.2. The van der Waals surface area contributed by atoms with Gasteiger partial charge in [0, 0.05) is 53.4 Å². The van der Waals surface area contributed by atoms with Crippen molar-refractivity contribution in [1.29, 1.82) is 0 Å². The van der Waals surface area contributed by atoms with Crippen LogP contribution in [0, 0.1) is 5.92 Å². The van der Waals surface area contributed by atoms with Crippen molar-refractivity contribution in [2.24, 2.45) is 5.92 Å². The number of nitrogens with zero attached hydrogens (tertiary/aromatic N) is 4. The summed E-state index contributed by atoms with van der Waals surface area (Å²) < 4.78 is 0. The molecule has 0 saturated carbocycles. The number of rotatable bonds is 4. The Balaban J connectivity index is 1.65. The summed E-state index contributed by atoms with van der Waals surface area (Å²) in [5, 5.41) is 9.53. The van der Waals surface area contributed by atoms with Gasteiger partial charge in [-0.15, -0.1) is 0 Å². The summed E-state index contributed by atoms with van der Waals surface area (Å²) in [6.07, 6.45) is 3.43. The topological polar surface area (TPSA) is 77.0 Å². The Hall–Kier alpha value is -2.15. The molecule has 1 amide bonds. The lowest BCUT2D eigenvalue weighted by atomic mass is 9.77. The Morgan fingerprint density at radius 3 is 2.56 bits per heavy atom. The summed E-state index contributed by atoms with van der Waals surface area (Å²) >= 11 is 0. The molecule has 3 heterocycles. The number of piperidine rings is 1. The summed E-state index contributed by atoms with van der Waals surface area (Å²) in [5.74, 6) is -0.566. The second-order valence-electron chi connectivity index (χ2n) is 7.35. The van der Waals surface area contributed by atoms with Crippen molar-refractivity contribution in [3.8, 4) is 0 Å². The number of carboxylic acid groups (broad SMARTS) is 1. The minimum atomic E-state index is -0.852. The van der Waals surface area contributed by atoms with Crippen LogP contribution in [0.15, 0.2) is 18.3 Å². The van der Waals surface area contributed by atoms with Crippen LogP contribution in [0.4, 0.5) is 5.82 Å². The summed E-state index contributed by atoms with van der Waals surface area (Å²) in [5.41, 5.74) is 0.624. The molecule has 1 spiro atoms. The normalized spacial score (nSPS) is 23.2. The molecule has 2 fully saturated rings. The van der Waals surface area contributed by atoms with Gasteiger partial charge in [0.15, 0.2) is 0 Å². The van der Waals surface area contributed by atoms with Crippen LogP contribution in [0.3, 0.4) is 0 Å². The Kier molecular flexibility index (Phi) is 4.69. The van der Waals surface area contributed by atoms with Gasteiger partial charge in [-0.2, -0.15) is 0 Å². The highest BCUT2D eigenvalue weighted by atomic mass is 16.4. The molecule has 0 unspecified atom stereocenters. The van der Waals surface area contributed by atoms with Crippen LogP contribution in [0.5, 0.6) is 0 Å². The zero-order valence-corrected chi connectivity index (χ0v) is 15.1. The summed E-state index contributed by atoms with van der Waals surface area (Å²) in [7, 11) is 5.68. The summed E-state index contributed by atoms with van der Waals surface area (Å²) in [6.45, 7) is 2.37. The van der Waals surface area contributed by atoms with Crippen LogP contribution in [0.2, 0.25) is 0 Å². The number of carbonyl (C=O) groups excluding carboxylic acids is 1. The minimum Gasteiger partial charge on any atom is -0.481 e. The number of carbonyl (C=O) groups is 2. The van der Waals surface area contributed by atoms with E-state index in [2.05, 4.69) is 16.0 Å². The van der Waals surface area contributed by atoms with Gasteiger partial charge in [0.05, 0.1) is 11.5 Å². The smallest absolute Gasteiger partial charge is 0.309 e. The van der Waals surface area contributed by atoms with Crippen LogP contribution < -0.4 is 4.90 Å². The predicted octanol–water partition coefficient (Wildman–Crippen LogP) is 1.05. The number of aliphatic carboxylic acids is 1. The number of likely N-dealkylation sites (tertiary alicyclic amines) is 2. The molecule has 7 nitrogen and oxygen atoms in total. The molecule has 3 rings (SSSR count). The monoisotopic (exact) mass is 346 g/mol. The number of amides is 1. The average Bonchev–Trinajstić information content (AvgIpc) is 2.83. The van der Waals surface area contributed by atoms with Crippen LogP contribution in [0.1, 0.15) is 24.8 Å². The highest BCUT2D eigenvalue weighted by molar-refractivity contribution is 5.88. The lowest BCUT2D eigenvalue weighted by molar-refractivity contribution is -0.146. The van der Waals surface area contributed by atoms with Crippen molar-refractivity contribution in [3.63, 3.8) is 0 Å². The highest BCUT2D eigenvalue weighted by Gasteiger charge is 2.55. The molecule has 2 aliphatic rings. The molecule has 136 valence electrons. The van der Waals surface area contributed by atoms with Gasteiger partial charge in [0.1, 0.15) is 5.82 Å². The van der Waals surface area contributed by atoms with E-state index in [1.165, 1.54) is 0 Å². The van der Waals surface area contributed by atoms with Gasteiger partial charge < -0.3 is 14.9 Å². The molecule has 1 aromatic rings. The average molecular weight is 346 g/mol. The van der Waals surface area contributed by atoms with E-state index in [0.717, 1.165) is 31.0 Å². The lowest BCUT2D eigenvalue weighted by Crippen LogP contribution is -2.55. The molecule has 25 heavy (non-hydrogen) atoms. The van der Waals surface area contributed by atoms with Gasteiger partial charge in [0.2, 0.25) is 5.91 Å². The third-order valence-corrected chi connectivity index (χ3v) is 5.76. The molecule has 0 aliphatic carbocycles. The fourth-order valence-electron chi connectivity index (χ4n) is 4.12. The maximum Gasteiger partial charge on any atom is 0.309 e. The number of hydrogen-bond donors (Lipinski definition) is 1. The molecular weight excluding hydrogens is 320 g/mol. The number of hydrogen-bond acceptors (Lipinski definition) is 5. The van der Waals surface area contributed by atoms with E-state index in [4.69, 9.17) is 0 Å². The van der Waals surface area contributed by atoms with Crippen LogP contribution >= 0.6 is 0 Å². The minimum absolute atomic E-state index is 0.0516. The van der Waals surface area contributed by atoms with Gasteiger partial charge >= 0.3 is 5.97 Å².